The van der Waals surface area contributed by atoms with Crippen molar-refractivity contribution >= 4 is 10.9 Å². The number of nitrogens with zero attached hydrogens (tertiary/aromatic N) is 2. The van der Waals surface area contributed by atoms with E-state index in [-0.39, 0.29) is 0 Å². The van der Waals surface area contributed by atoms with Crippen LogP contribution in [0.3, 0.4) is 0 Å². The zero-order valence-electron chi connectivity index (χ0n) is 13.3. The fraction of sp³-hybridized carbons (Fsp3) is 0.526. The van der Waals surface area contributed by atoms with Gasteiger partial charge in [-0.05, 0) is 74.9 Å². The monoisotopic (exact) mass is 280 g/mol. The predicted molar refractivity (Wildman–Crippen MR) is 87.8 cm³/mol. The third kappa shape index (κ3) is 2.08. The number of piperidine rings is 1. The van der Waals surface area contributed by atoms with Crippen molar-refractivity contribution in [3.8, 4) is 0 Å². The summed E-state index contributed by atoms with van der Waals surface area (Å²) in [5, 5.41) is 1.37. The van der Waals surface area contributed by atoms with Crippen LogP contribution >= 0.6 is 0 Å². The van der Waals surface area contributed by atoms with Crippen LogP contribution in [0.2, 0.25) is 0 Å². The first kappa shape index (κ1) is 13.3. The average Bonchev–Trinajstić information content (AvgIpc) is 2.53. The van der Waals surface area contributed by atoms with E-state index in [0.717, 1.165) is 35.6 Å². The smallest absolute Gasteiger partial charge is 0.0708 e. The van der Waals surface area contributed by atoms with E-state index in [2.05, 4.69) is 50.1 Å². The van der Waals surface area contributed by atoms with Crippen molar-refractivity contribution < 1.29 is 0 Å². The van der Waals surface area contributed by atoms with Gasteiger partial charge in [0.2, 0.25) is 0 Å². The van der Waals surface area contributed by atoms with E-state index in [1.54, 1.807) is 0 Å². The van der Waals surface area contributed by atoms with Crippen molar-refractivity contribution in [1.82, 2.24) is 9.88 Å². The van der Waals surface area contributed by atoms with Crippen molar-refractivity contribution in [3.63, 3.8) is 0 Å². The number of pyridine rings is 1. The van der Waals surface area contributed by atoms with Gasteiger partial charge in [0, 0.05) is 23.2 Å². The van der Waals surface area contributed by atoms with E-state index < -0.39 is 0 Å². The number of fused-ring (bicyclic) bond motifs is 3. The molecule has 110 valence electrons. The fourth-order valence-corrected chi connectivity index (χ4v) is 4.36. The summed E-state index contributed by atoms with van der Waals surface area (Å²) >= 11 is 0. The highest BCUT2D eigenvalue weighted by molar-refractivity contribution is 5.83. The third-order valence-electron chi connectivity index (χ3n) is 5.71. The molecule has 1 aromatic carbocycles. The van der Waals surface area contributed by atoms with Crippen LogP contribution in [-0.4, -0.2) is 29.0 Å². The highest BCUT2D eigenvalue weighted by Crippen LogP contribution is 2.44. The Hall–Kier alpha value is -1.41. The summed E-state index contributed by atoms with van der Waals surface area (Å²) in [7, 11) is 2.29. The first-order valence-electron chi connectivity index (χ1n) is 8.28. The van der Waals surface area contributed by atoms with Gasteiger partial charge in [0.05, 0.1) is 5.52 Å². The summed E-state index contributed by atoms with van der Waals surface area (Å²) < 4.78 is 0. The van der Waals surface area contributed by atoms with Crippen molar-refractivity contribution in [1.29, 1.82) is 0 Å². The third-order valence-corrected chi connectivity index (χ3v) is 5.71. The summed E-state index contributed by atoms with van der Waals surface area (Å²) in [6, 6.07) is 10.9. The quantitative estimate of drug-likeness (QED) is 0.825. The molecule has 2 nitrogen and oxygen atoms in total. The Kier molecular flexibility index (Phi) is 3.04. The molecule has 3 fully saturated rings. The molecule has 0 N–H and O–H groups in total. The van der Waals surface area contributed by atoms with Gasteiger partial charge in [0.1, 0.15) is 0 Å². The molecule has 2 atom stereocenters. The van der Waals surface area contributed by atoms with E-state index in [0.29, 0.717) is 0 Å². The molecule has 3 aliphatic rings. The lowest BCUT2D eigenvalue weighted by molar-refractivity contribution is -0.0130. The van der Waals surface area contributed by atoms with Gasteiger partial charge in [-0.25, -0.2) is 0 Å². The van der Waals surface area contributed by atoms with Crippen LogP contribution in [0.25, 0.3) is 10.9 Å². The van der Waals surface area contributed by atoms with Gasteiger partial charge in [0.25, 0.3) is 0 Å². The standard InChI is InChI=1S/C19H24N2/c1-4-13-7-12(2)20-19-6-5-14(10-18(13)19)15-8-16-11-17(9-15)21(16)3/h5-7,10,15-17H,4,8-9,11H2,1-3H3. The van der Waals surface area contributed by atoms with Gasteiger partial charge in [0.15, 0.2) is 0 Å². The molecule has 2 unspecified atom stereocenters. The Labute approximate surface area is 127 Å². The van der Waals surface area contributed by atoms with Crippen LogP contribution in [0.5, 0.6) is 0 Å². The summed E-state index contributed by atoms with van der Waals surface area (Å²) in [6.45, 7) is 4.34. The molecule has 21 heavy (non-hydrogen) atoms. The molecule has 2 aromatic rings. The molecular formula is C19H24N2. The van der Waals surface area contributed by atoms with E-state index in [4.69, 9.17) is 4.98 Å². The highest BCUT2D eigenvalue weighted by atomic mass is 15.2. The second-order valence-electron chi connectivity index (χ2n) is 6.93. The normalized spacial score (nSPS) is 28.6. The van der Waals surface area contributed by atoms with Crippen molar-refractivity contribution in [3.05, 3.63) is 41.1 Å². The van der Waals surface area contributed by atoms with E-state index in [9.17, 15) is 0 Å². The maximum atomic E-state index is 4.70. The Bertz CT molecular complexity index is 679. The molecule has 1 saturated carbocycles. The van der Waals surface area contributed by atoms with Crippen LogP contribution in [0.1, 0.15) is 48.9 Å². The van der Waals surface area contributed by atoms with Crippen LogP contribution in [-0.2, 0) is 6.42 Å². The molecule has 0 amide bonds. The second kappa shape index (κ2) is 4.81. The first-order valence-corrected chi connectivity index (χ1v) is 8.28. The lowest BCUT2D eigenvalue weighted by Crippen LogP contribution is -2.58. The number of aryl methyl sites for hydroxylation is 2. The molecule has 1 aliphatic carbocycles. The Balaban J connectivity index is 1.72. The maximum absolute atomic E-state index is 4.70. The lowest BCUT2D eigenvalue weighted by Gasteiger charge is -2.54. The molecule has 1 aromatic heterocycles. The Morgan fingerprint density at radius 3 is 2.57 bits per heavy atom. The summed E-state index contributed by atoms with van der Waals surface area (Å²) in [4.78, 5) is 7.27. The molecule has 0 spiro atoms. The SMILES string of the molecule is CCc1cc(C)nc2ccc(C3CC4CC(C3)N4C)cc12. The zero-order chi connectivity index (χ0) is 14.6. The van der Waals surface area contributed by atoms with Crippen molar-refractivity contribution in [2.75, 3.05) is 7.05 Å². The van der Waals surface area contributed by atoms with Gasteiger partial charge in [-0.2, -0.15) is 0 Å². The van der Waals surface area contributed by atoms with Gasteiger partial charge in [-0.1, -0.05) is 13.0 Å². The lowest BCUT2D eigenvalue weighted by atomic mass is 9.71. The molecule has 2 bridgehead atoms. The largest absolute Gasteiger partial charge is 0.300 e. The van der Waals surface area contributed by atoms with E-state index in [1.165, 1.54) is 35.8 Å². The van der Waals surface area contributed by atoms with E-state index >= 15 is 0 Å². The molecule has 3 heterocycles. The topological polar surface area (TPSA) is 16.1 Å². The molecule has 2 heteroatoms. The summed E-state index contributed by atoms with van der Waals surface area (Å²) in [5.74, 6) is 0.750. The first-order chi connectivity index (χ1) is 10.2. The fourth-order valence-electron chi connectivity index (χ4n) is 4.36. The van der Waals surface area contributed by atoms with Gasteiger partial charge < -0.3 is 4.90 Å². The number of aromatic nitrogens is 1. The number of rotatable bonds is 2. The molecule has 2 saturated heterocycles. The van der Waals surface area contributed by atoms with Crippen molar-refractivity contribution in [2.45, 2.75) is 57.5 Å². The number of benzene rings is 1. The average molecular weight is 280 g/mol. The summed E-state index contributed by atoms with van der Waals surface area (Å²) in [6.07, 6.45) is 5.17. The molecular weight excluding hydrogens is 256 g/mol. The van der Waals surface area contributed by atoms with E-state index in [1.807, 2.05) is 0 Å². The number of hydrogen-bond donors (Lipinski definition) is 0. The maximum Gasteiger partial charge on any atom is 0.0708 e. The van der Waals surface area contributed by atoms with Crippen molar-refractivity contribution in [2.24, 2.45) is 0 Å². The predicted octanol–water partition coefficient (Wildman–Crippen LogP) is 4.06. The minimum atomic E-state index is 0.750. The zero-order valence-corrected chi connectivity index (χ0v) is 13.3. The second-order valence-corrected chi connectivity index (χ2v) is 6.93. The van der Waals surface area contributed by atoms with Gasteiger partial charge >= 0.3 is 0 Å². The van der Waals surface area contributed by atoms with Crippen LogP contribution in [0, 0.1) is 6.92 Å². The Morgan fingerprint density at radius 1 is 1.14 bits per heavy atom. The molecule has 2 aliphatic heterocycles. The minimum Gasteiger partial charge on any atom is -0.300 e. The molecule has 5 rings (SSSR count). The highest BCUT2D eigenvalue weighted by Gasteiger charge is 2.43. The number of hydrogen-bond acceptors (Lipinski definition) is 2. The van der Waals surface area contributed by atoms with Crippen LogP contribution < -0.4 is 0 Å². The van der Waals surface area contributed by atoms with Crippen LogP contribution in [0.4, 0.5) is 0 Å². The summed E-state index contributed by atoms with van der Waals surface area (Å²) in [5.41, 5.74) is 5.27. The van der Waals surface area contributed by atoms with Gasteiger partial charge in [-0.15, -0.1) is 0 Å². The Morgan fingerprint density at radius 2 is 1.90 bits per heavy atom. The molecule has 0 radical (unpaired) electrons. The van der Waals surface area contributed by atoms with Gasteiger partial charge in [-0.3, -0.25) is 4.98 Å². The minimum absolute atomic E-state index is 0.750. The van der Waals surface area contributed by atoms with Crippen LogP contribution in [0.15, 0.2) is 24.3 Å².